The Kier molecular flexibility index (Phi) is 7.89. The summed E-state index contributed by atoms with van der Waals surface area (Å²) in [6, 6.07) is 3.33. The Morgan fingerprint density at radius 3 is 2.08 bits per heavy atom. The molecule has 1 aromatic carbocycles. The summed E-state index contributed by atoms with van der Waals surface area (Å²) in [6.07, 6.45) is 0. The second-order valence-electron chi connectivity index (χ2n) is 5.37. The van der Waals surface area contributed by atoms with Crippen LogP contribution in [0.3, 0.4) is 0 Å². The lowest BCUT2D eigenvalue weighted by molar-refractivity contribution is -0.159. The molecule has 0 atom stereocenters. The fourth-order valence-corrected chi connectivity index (χ4v) is 1.98. The van der Waals surface area contributed by atoms with Gasteiger partial charge in [-0.3, -0.25) is 9.69 Å². The molecule has 0 radical (unpaired) electrons. The van der Waals surface area contributed by atoms with Crippen molar-refractivity contribution in [3.63, 3.8) is 0 Å². The number of anilines is 1. The predicted octanol–water partition coefficient (Wildman–Crippen LogP) is 0.306. The van der Waals surface area contributed by atoms with Crippen molar-refractivity contribution in [2.45, 2.75) is 0 Å². The van der Waals surface area contributed by atoms with Crippen LogP contribution in [0, 0.1) is 11.6 Å². The second kappa shape index (κ2) is 9.64. The SMILES string of the molecule is CN1CCN(CC(=O)Nc2ccc(F)c(F)c2)CC1.O=C(O)C(=O)O. The van der Waals surface area contributed by atoms with Crippen molar-refractivity contribution in [2.24, 2.45) is 0 Å². The van der Waals surface area contributed by atoms with Gasteiger partial charge >= 0.3 is 11.9 Å². The molecule has 0 unspecified atom stereocenters. The molecule has 2 rings (SSSR count). The number of nitrogens with one attached hydrogen (secondary N) is 1. The summed E-state index contributed by atoms with van der Waals surface area (Å²) in [5.41, 5.74) is 0.276. The lowest BCUT2D eigenvalue weighted by Crippen LogP contribution is -2.47. The summed E-state index contributed by atoms with van der Waals surface area (Å²) in [7, 11) is 2.04. The molecule has 1 aromatic rings. The van der Waals surface area contributed by atoms with E-state index < -0.39 is 23.6 Å². The Hall–Kier alpha value is -2.59. The molecule has 0 bridgehead atoms. The molecule has 1 fully saturated rings. The minimum atomic E-state index is -1.82. The smallest absolute Gasteiger partial charge is 0.414 e. The number of hydrogen-bond acceptors (Lipinski definition) is 5. The molecular formula is C15H19F2N3O5. The van der Waals surface area contributed by atoms with E-state index in [0.717, 1.165) is 38.3 Å². The Morgan fingerprint density at radius 2 is 1.60 bits per heavy atom. The maximum absolute atomic E-state index is 13.0. The van der Waals surface area contributed by atoms with Gasteiger partial charge in [-0.2, -0.15) is 0 Å². The zero-order chi connectivity index (χ0) is 19.0. The third kappa shape index (κ3) is 7.68. The van der Waals surface area contributed by atoms with E-state index >= 15 is 0 Å². The first-order valence-corrected chi connectivity index (χ1v) is 7.31. The highest BCUT2D eigenvalue weighted by Gasteiger charge is 2.16. The average Bonchev–Trinajstić information content (AvgIpc) is 2.53. The van der Waals surface area contributed by atoms with Crippen LogP contribution in [-0.2, 0) is 14.4 Å². The summed E-state index contributed by atoms with van der Waals surface area (Å²) in [6.45, 7) is 3.80. The van der Waals surface area contributed by atoms with Crippen molar-refractivity contribution >= 4 is 23.5 Å². The molecule has 25 heavy (non-hydrogen) atoms. The topological polar surface area (TPSA) is 110 Å². The zero-order valence-electron chi connectivity index (χ0n) is 13.5. The van der Waals surface area contributed by atoms with Gasteiger partial charge in [-0.1, -0.05) is 0 Å². The number of carbonyl (C=O) groups is 3. The van der Waals surface area contributed by atoms with Gasteiger partial charge in [0, 0.05) is 37.9 Å². The van der Waals surface area contributed by atoms with E-state index in [2.05, 4.69) is 10.2 Å². The van der Waals surface area contributed by atoms with Crippen molar-refractivity contribution in [3.05, 3.63) is 29.8 Å². The largest absolute Gasteiger partial charge is 0.473 e. The molecule has 8 nitrogen and oxygen atoms in total. The normalized spacial score (nSPS) is 15.0. The molecule has 138 valence electrons. The van der Waals surface area contributed by atoms with Crippen LogP contribution < -0.4 is 5.32 Å². The minimum absolute atomic E-state index is 0.212. The molecule has 1 heterocycles. The number of nitrogens with zero attached hydrogens (tertiary/aromatic N) is 2. The number of aliphatic carboxylic acids is 2. The van der Waals surface area contributed by atoms with E-state index in [4.69, 9.17) is 19.8 Å². The van der Waals surface area contributed by atoms with Crippen LogP contribution in [0.25, 0.3) is 0 Å². The molecule has 1 aliphatic rings. The van der Waals surface area contributed by atoms with Gasteiger partial charge in [-0.15, -0.1) is 0 Å². The summed E-state index contributed by atoms with van der Waals surface area (Å²) in [5, 5.41) is 17.4. The average molecular weight is 359 g/mol. The number of carboxylic acids is 2. The predicted molar refractivity (Wildman–Crippen MR) is 84.2 cm³/mol. The van der Waals surface area contributed by atoms with E-state index in [9.17, 15) is 13.6 Å². The molecule has 3 N–H and O–H groups in total. The first-order chi connectivity index (χ1) is 11.7. The summed E-state index contributed by atoms with van der Waals surface area (Å²) < 4.78 is 25.7. The summed E-state index contributed by atoms with van der Waals surface area (Å²) in [5.74, 6) is -5.74. The lowest BCUT2D eigenvalue weighted by atomic mass is 10.3. The fraction of sp³-hybridized carbons (Fsp3) is 0.400. The molecule has 0 saturated carbocycles. The van der Waals surface area contributed by atoms with Gasteiger partial charge in [0.15, 0.2) is 11.6 Å². The number of hydrogen-bond donors (Lipinski definition) is 3. The fourth-order valence-electron chi connectivity index (χ4n) is 1.98. The number of carbonyl (C=O) groups excluding carboxylic acids is 1. The Morgan fingerprint density at radius 1 is 1.04 bits per heavy atom. The third-order valence-electron chi connectivity index (χ3n) is 3.35. The van der Waals surface area contributed by atoms with Crippen molar-refractivity contribution in [1.29, 1.82) is 0 Å². The van der Waals surface area contributed by atoms with Crippen molar-refractivity contribution in [3.8, 4) is 0 Å². The lowest BCUT2D eigenvalue weighted by Gasteiger charge is -2.31. The second-order valence-corrected chi connectivity index (χ2v) is 5.37. The number of carboxylic acid groups (broad SMARTS) is 2. The third-order valence-corrected chi connectivity index (χ3v) is 3.35. The van der Waals surface area contributed by atoms with E-state index in [1.165, 1.54) is 6.07 Å². The Labute approximate surface area is 142 Å². The molecule has 0 spiro atoms. The molecule has 0 aliphatic carbocycles. The van der Waals surface area contributed by atoms with Crippen LogP contribution in [0.5, 0.6) is 0 Å². The van der Waals surface area contributed by atoms with Gasteiger partial charge in [-0.25, -0.2) is 18.4 Å². The maximum atomic E-state index is 13.0. The molecule has 1 aliphatic heterocycles. The van der Waals surface area contributed by atoms with Gasteiger partial charge in [0.2, 0.25) is 5.91 Å². The van der Waals surface area contributed by atoms with E-state index in [0.29, 0.717) is 0 Å². The highest BCUT2D eigenvalue weighted by Crippen LogP contribution is 2.13. The summed E-state index contributed by atoms with van der Waals surface area (Å²) >= 11 is 0. The molecule has 1 saturated heterocycles. The van der Waals surface area contributed by atoms with Crippen LogP contribution in [0.4, 0.5) is 14.5 Å². The van der Waals surface area contributed by atoms with Crippen LogP contribution >= 0.6 is 0 Å². The van der Waals surface area contributed by atoms with E-state index in [1.807, 2.05) is 11.9 Å². The van der Waals surface area contributed by atoms with Crippen LogP contribution in [-0.4, -0.2) is 77.6 Å². The number of piperazine rings is 1. The van der Waals surface area contributed by atoms with Crippen molar-refractivity contribution < 1.29 is 33.4 Å². The van der Waals surface area contributed by atoms with Gasteiger partial charge in [-0.05, 0) is 19.2 Å². The van der Waals surface area contributed by atoms with Crippen molar-refractivity contribution in [2.75, 3.05) is 45.1 Å². The molecule has 10 heteroatoms. The van der Waals surface area contributed by atoms with Crippen LogP contribution in [0.2, 0.25) is 0 Å². The number of benzene rings is 1. The first kappa shape index (κ1) is 20.5. The Bertz CT molecular complexity index is 622. The number of amides is 1. The monoisotopic (exact) mass is 359 g/mol. The number of rotatable bonds is 3. The van der Waals surface area contributed by atoms with E-state index in [1.54, 1.807) is 0 Å². The van der Waals surface area contributed by atoms with Gasteiger partial charge in [0.1, 0.15) is 0 Å². The van der Waals surface area contributed by atoms with Gasteiger partial charge < -0.3 is 20.4 Å². The van der Waals surface area contributed by atoms with Crippen molar-refractivity contribution in [1.82, 2.24) is 9.80 Å². The number of halogens is 2. The summed E-state index contributed by atoms with van der Waals surface area (Å²) in [4.78, 5) is 34.2. The van der Waals surface area contributed by atoms with Gasteiger partial charge in [0.05, 0.1) is 6.54 Å². The van der Waals surface area contributed by atoms with Crippen LogP contribution in [0.1, 0.15) is 0 Å². The zero-order valence-corrected chi connectivity index (χ0v) is 13.5. The highest BCUT2D eigenvalue weighted by molar-refractivity contribution is 6.27. The van der Waals surface area contributed by atoms with E-state index in [-0.39, 0.29) is 18.1 Å². The standard InChI is InChI=1S/C13H17F2N3O.C2H2O4/c1-17-4-6-18(7-5-17)9-13(19)16-10-2-3-11(14)12(15)8-10;3-1(4)2(5)6/h2-3,8H,4-7,9H2,1H3,(H,16,19);(H,3,4)(H,5,6). The Balaban J connectivity index is 0.000000450. The first-order valence-electron chi connectivity index (χ1n) is 7.31. The highest BCUT2D eigenvalue weighted by atomic mass is 19.2. The van der Waals surface area contributed by atoms with Gasteiger partial charge in [0.25, 0.3) is 0 Å². The maximum Gasteiger partial charge on any atom is 0.414 e. The quantitative estimate of drug-likeness (QED) is 0.666. The minimum Gasteiger partial charge on any atom is -0.473 e. The number of likely N-dealkylation sites (N-methyl/N-ethyl adjacent to an activating group) is 1. The van der Waals surface area contributed by atoms with Crippen LogP contribution in [0.15, 0.2) is 18.2 Å². The molecular weight excluding hydrogens is 340 g/mol. The molecule has 1 amide bonds. The molecule has 0 aromatic heterocycles.